The van der Waals surface area contributed by atoms with Crippen LogP contribution in [0.2, 0.25) is 10.0 Å². The maximum Gasteiger partial charge on any atom is 0.379 e. The molecule has 0 radical (unpaired) electrons. The summed E-state index contributed by atoms with van der Waals surface area (Å²) in [6.07, 6.45) is 0. The molecule has 0 aliphatic carbocycles. The Balaban J connectivity index is 1.85. The number of hydrogen-bond donors (Lipinski definition) is 0. The predicted molar refractivity (Wildman–Crippen MR) is 92.0 cm³/mol. The standard InChI is InChI=1S/C17H10Cl2O5S/c18-11-5-7-12(8-6-11)25(21,22)16-10-9-15(23-16)17(20)24-14-4-2-1-3-13(14)19/h1-10H. The van der Waals surface area contributed by atoms with E-state index in [2.05, 4.69) is 0 Å². The molecule has 0 atom stereocenters. The second kappa shape index (κ2) is 6.92. The zero-order valence-electron chi connectivity index (χ0n) is 12.5. The molecule has 1 heterocycles. The van der Waals surface area contributed by atoms with Crippen molar-refractivity contribution < 1.29 is 22.4 Å². The zero-order valence-corrected chi connectivity index (χ0v) is 14.8. The van der Waals surface area contributed by atoms with Crippen molar-refractivity contribution in [3.05, 3.63) is 76.5 Å². The minimum absolute atomic E-state index is 0.00253. The minimum Gasteiger partial charge on any atom is -0.437 e. The van der Waals surface area contributed by atoms with Gasteiger partial charge in [0, 0.05) is 5.02 Å². The average Bonchev–Trinajstić information content (AvgIpc) is 3.08. The normalized spacial score (nSPS) is 11.3. The van der Waals surface area contributed by atoms with Crippen LogP contribution >= 0.6 is 23.2 Å². The number of sulfone groups is 1. The van der Waals surface area contributed by atoms with Gasteiger partial charge in [-0.3, -0.25) is 0 Å². The number of carbonyl (C=O) groups excluding carboxylic acids is 1. The van der Waals surface area contributed by atoms with Crippen molar-refractivity contribution in [3.63, 3.8) is 0 Å². The highest BCUT2D eigenvalue weighted by Crippen LogP contribution is 2.27. The Morgan fingerprint density at radius 3 is 2.28 bits per heavy atom. The first-order valence-electron chi connectivity index (χ1n) is 6.95. The summed E-state index contributed by atoms with van der Waals surface area (Å²) in [4.78, 5) is 12.1. The molecule has 8 heteroatoms. The molecule has 0 unspecified atom stereocenters. The van der Waals surface area contributed by atoms with E-state index in [4.69, 9.17) is 32.4 Å². The van der Waals surface area contributed by atoms with Gasteiger partial charge in [0.05, 0.1) is 9.92 Å². The highest BCUT2D eigenvalue weighted by molar-refractivity contribution is 7.91. The van der Waals surface area contributed by atoms with Crippen molar-refractivity contribution >= 4 is 39.0 Å². The molecule has 0 N–H and O–H groups in total. The van der Waals surface area contributed by atoms with Crippen LogP contribution in [0.15, 0.2) is 75.1 Å². The number of hydrogen-bond acceptors (Lipinski definition) is 5. The summed E-state index contributed by atoms with van der Waals surface area (Å²) >= 11 is 11.7. The molecule has 0 aliphatic heterocycles. The summed E-state index contributed by atoms with van der Waals surface area (Å²) in [5.41, 5.74) is 0. The van der Waals surface area contributed by atoms with Gasteiger partial charge in [-0.25, -0.2) is 13.2 Å². The van der Waals surface area contributed by atoms with Gasteiger partial charge in [0.25, 0.3) is 0 Å². The van der Waals surface area contributed by atoms with Crippen molar-refractivity contribution in [2.75, 3.05) is 0 Å². The lowest BCUT2D eigenvalue weighted by atomic mass is 10.3. The predicted octanol–water partition coefficient (Wildman–Crippen LogP) is 4.64. The number of furan rings is 1. The highest BCUT2D eigenvalue weighted by Gasteiger charge is 2.24. The van der Waals surface area contributed by atoms with Crippen LogP contribution in [0.4, 0.5) is 0 Å². The van der Waals surface area contributed by atoms with Crippen LogP contribution in [0.25, 0.3) is 0 Å². The molecule has 25 heavy (non-hydrogen) atoms. The fourth-order valence-corrected chi connectivity index (χ4v) is 3.46. The number of para-hydroxylation sites is 1. The molecule has 0 saturated carbocycles. The van der Waals surface area contributed by atoms with Crippen LogP contribution in [0.5, 0.6) is 5.75 Å². The lowest BCUT2D eigenvalue weighted by Gasteiger charge is -2.04. The van der Waals surface area contributed by atoms with Crippen LogP contribution in [0.3, 0.4) is 0 Å². The molecule has 5 nitrogen and oxygen atoms in total. The van der Waals surface area contributed by atoms with Gasteiger partial charge < -0.3 is 9.15 Å². The van der Waals surface area contributed by atoms with E-state index in [1.165, 1.54) is 42.5 Å². The molecule has 0 fully saturated rings. The van der Waals surface area contributed by atoms with Crippen LogP contribution in [0.1, 0.15) is 10.6 Å². The number of benzene rings is 2. The monoisotopic (exact) mass is 396 g/mol. The minimum atomic E-state index is -3.91. The summed E-state index contributed by atoms with van der Waals surface area (Å²) < 4.78 is 35.2. The van der Waals surface area contributed by atoms with E-state index in [9.17, 15) is 13.2 Å². The topological polar surface area (TPSA) is 73.6 Å². The number of esters is 1. The third kappa shape index (κ3) is 3.71. The van der Waals surface area contributed by atoms with Crippen molar-refractivity contribution in [2.45, 2.75) is 9.99 Å². The van der Waals surface area contributed by atoms with Gasteiger partial charge in [-0.15, -0.1) is 0 Å². The van der Waals surface area contributed by atoms with Crippen LogP contribution < -0.4 is 4.74 Å². The van der Waals surface area contributed by atoms with Crippen molar-refractivity contribution in [1.82, 2.24) is 0 Å². The van der Waals surface area contributed by atoms with Gasteiger partial charge >= 0.3 is 5.97 Å². The Bertz CT molecular complexity index is 1020. The largest absolute Gasteiger partial charge is 0.437 e. The summed E-state index contributed by atoms with van der Waals surface area (Å²) in [7, 11) is -3.91. The SMILES string of the molecule is O=C(Oc1ccccc1Cl)c1ccc(S(=O)(=O)c2ccc(Cl)cc2)o1. The van der Waals surface area contributed by atoms with Gasteiger partial charge in [0.2, 0.25) is 20.7 Å². The van der Waals surface area contributed by atoms with E-state index in [1.807, 2.05) is 0 Å². The third-order valence-corrected chi connectivity index (χ3v) is 5.42. The lowest BCUT2D eigenvalue weighted by molar-refractivity contribution is 0.0695. The smallest absolute Gasteiger partial charge is 0.379 e. The summed E-state index contributed by atoms with van der Waals surface area (Å²) in [6, 6.07) is 14.4. The zero-order chi connectivity index (χ0) is 18.0. The molecular formula is C17H10Cl2O5S. The van der Waals surface area contributed by atoms with E-state index in [1.54, 1.807) is 18.2 Å². The Labute approximate surface area is 153 Å². The molecule has 128 valence electrons. The van der Waals surface area contributed by atoms with Crippen molar-refractivity contribution in [3.8, 4) is 5.75 Å². The van der Waals surface area contributed by atoms with Crippen LogP contribution in [-0.2, 0) is 9.84 Å². The molecule has 0 amide bonds. The first-order chi connectivity index (χ1) is 11.9. The van der Waals surface area contributed by atoms with Gasteiger partial charge in [0.15, 0.2) is 0 Å². The van der Waals surface area contributed by atoms with Crippen molar-refractivity contribution in [1.29, 1.82) is 0 Å². The Morgan fingerprint density at radius 2 is 1.60 bits per heavy atom. The number of ether oxygens (including phenoxy) is 1. The van der Waals surface area contributed by atoms with Crippen LogP contribution in [-0.4, -0.2) is 14.4 Å². The van der Waals surface area contributed by atoms with Gasteiger partial charge in [-0.1, -0.05) is 35.3 Å². The van der Waals surface area contributed by atoms with Gasteiger partial charge in [0.1, 0.15) is 5.75 Å². The highest BCUT2D eigenvalue weighted by atomic mass is 35.5. The molecule has 1 aromatic heterocycles. The molecule has 2 aromatic carbocycles. The maximum absolute atomic E-state index is 12.5. The molecule has 0 spiro atoms. The quantitative estimate of drug-likeness (QED) is 0.474. The molecular weight excluding hydrogens is 387 g/mol. The lowest BCUT2D eigenvalue weighted by Crippen LogP contribution is -2.07. The summed E-state index contributed by atoms with van der Waals surface area (Å²) in [5, 5.41) is 0.278. The fraction of sp³-hybridized carbons (Fsp3) is 0. The number of rotatable bonds is 4. The van der Waals surface area contributed by atoms with E-state index in [0.717, 1.165) is 0 Å². The second-order valence-electron chi connectivity index (χ2n) is 4.90. The number of halogens is 2. The van der Waals surface area contributed by atoms with E-state index < -0.39 is 15.8 Å². The van der Waals surface area contributed by atoms with E-state index >= 15 is 0 Å². The Morgan fingerprint density at radius 1 is 0.920 bits per heavy atom. The molecule has 0 aliphatic rings. The Hall–Kier alpha value is -2.28. The fourth-order valence-electron chi connectivity index (χ4n) is 1.98. The molecule has 3 rings (SSSR count). The second-order valence-corrected chi connectivity index (χ2v) is 7.62. The van der Waals surface area contributed by atoms with E-state index in [-0.39, 0.29) is 26.5 Å². The average molecular weight is 397 g/mol. The Kier molecular flexibility index (Phi) is 4.85. The summed E-state index contributed by atoms with van der Waals surface area (Å²) in [6.45, 7) is 0. The van der Waals surface area contributed by atoms with Gasteiger partial charge in [-0.2, -0.15) is 0 Å². The maximum atomic E-state index is 12.5. The molecule has 3 aromatic rings. The van der Waals surface area contributed by atoms with Crippen LogP contribution in [0, 0.1) is 0 Å². The third-order valence-electron chi connectivity index (χ3n) is 3.21. The first-order valence-corrected chi connectivity index (χ1v) is 9.19. The van der Waals surface area contributed by atoms with Crippen molar-refractivity contribution in [2.24, 2.45) is 0 Å². The first kappa shape index (κ1) is 17.5. The molecule has 0 bridgehead atoms. The number of carbonyl (C=O) groups is 1. The van der Waals surface area contributed by atoms with E-state index in [0.29, 0.717) is 5.02 Å². The summed E-state index contributed by atoms with van der Waals surface area (Å²) in [5.74, 6) is -0.967. The molecule has 0 saturated heterocycles. The van der Waals surface area contributed by atoms with Gasteiger partial charge in [-0.05, 0) is 48.5 Å².